The van der Waals surface area contributed by atoms with Crippen molar-refractivity contribution < 1.29 is 9.53 Å². The van der Waals surface area contributed by atoms with Crippen LogP contribution >= 0.6 is 0 Å². The lowest BCUT2D eigenvalue weighted by molar-refractivity contribution is 0.136. The zero-order valence-electron chi connectivity index (χ0n) is 11.3. The first-order valence-electron chi connectivity index (χ1n) is 6.07. The van der Waals surface area contributed by atoms with Crippen LogP contribution in [0.2, 0.25) is 18.1 Å². The number of azide groups is 1. The van der Waals surface area contributed by atoms with E-state index in [2.05, 4.69) is 43.9 Å². The number of aliphatic hydroxyl groups is 1. The summed E-state index contributed by atoms with van der Waals surface area (Å²) >= 11 is 0. The van der Waals surface area contributed by atoms with Gasteiger partial charge in [0.05, 0.1) is 12.1 Å². The van der Waals surface area contributed by atoms with Crippen molar-refractivity contribution in [2.75, 3.05) is 0 Å². The molecule has 0 amide bonds. The van der Waals surface area contributed by atoms with E-state index in [9.17, 15) is 5.11 Å². The van der Waals surface area contributed by atoms with Crippen LogP contribution < -0.4 is 0 Å². The highest BCUT2D eigenvalue weighted by Gasteiger charge is 2.42. The summed E-state index contributed by atoms with van der Waals surface area (Å²) in [5.41, 5.74) is 8.41. The van der Waals surface area contributed by atoms with Crippen LogP contribution in [-0.2, 0) is 4.43 Å². The highest BCUT2D eigenvalue weighted by Crippen LogP contribution is 2.39. The highest BCUT2D eigenvalue weighted by molar-refractivity contribution is 6.74. The van der Waals surface area contributed by atoms with Crippen LogP contribution in [0.1, 0.15) is 33.6 Å². The molecule has 1 aliphatic rings. The van der Waals surface area contributed by atoms with E-state index in [4.69, 9.17) is 9.96 Å². The van der Waals surface area contributed by atoms with Gasteiger partial charge in [0.1, 0.15) is 0 Å². The molecule has 0 saturated heterocycles. The van der Waals surface area contributed by atoms with Gasteiger partial charge in [0.2, 0.25) is 0 Å². The maximum absolute atomic E-state index is 9.76. The van der Waals surface area contributed by atoms with E-state index < -0.39 is 14.4 Å². The van der Waals surface area contributed by atoms with Crippen molar-refractivity contribution in [2.24, 2.45) is 5.11 Å². The van der Waals surface area contributed by atoms with Gasteiger partial charge in [-0.05, 0) is 36.5 Å². The van der Waals surface area contributed by atoms with E-state index in [-0.39, 0.29) is 17.2 Å². The van der Waals surface area contributed by atoms with Crippen LogP contribution in [0.25, 0.3) is 10.4 Å². The zero-order valence-corrected chi connectivity index (χ0v) is 12.3. The van der Waals surface area contributed by atoms with Crippen LogP contribution in [0.5, 0.6) is 0 Å². The van der Waals surface area contributed by atoms with Crippen molar-refractivity contribution in [1.29, 1.82) is 0 Å². The lowest BCUT2D eigenvalue weighted by Crippen LogP contribution is -2.43. The normalized spacial score (nSPS) is 30.1. The second-order valence-electron chi connectivity index (χ2n) is 6.31. The van der Waals surface area contributed by atoms with Gasteiger partial charge in [0.25, 0.3) is 0 Å². The Labute approximate surface area is 104 Å². The van der Waals surface area contributed by atoms with Crippen molar-refractivity contribution in [3.05, 3.63) is 10.4 Å². The molecule has 98 valence electrons. The summed E-state index contributed by atoms with van der Waals surface area (Å²) in [6, 6.07) is -0.324. The Morgan fingerprint density at radius 3 is 2.41 bits per heavy atom. The molecule has 1 N–H and O–H groups in total. The average Bonchev–Trinajstić information content (AvgIpc) is 2.44. The number of hydrogen-bond acceptors (Lipinski definition) is 3. The van der Waals surface area contributed by atoms with Gasteiger partial charge in [-0.25, -0.2) is 0 Å². The largest absolute Gasteiger partial charge is 0.414 e. The number of aliphatic hydroxyl groups excluding tert-OH is 1. The van der Waals surface area contributed by atoms with Gasteiger partial charge in [-0.2, -0.15) is 0 Å². The van der Waals surface area contributed by atoms with Gasteiger partial charge >= 0.3 is 0 Å². The summed E-state index contributed by atoms with van der Waals surface area (Å²) in [5, 5.41) is 13.5. The summed E-state index contributed by atoms with van der Waals surface area (Å²) in [4.78, 5) is 2.77. The third-order valence-corrected chi connectivity index (χ3v) is 8.46. The molecule has 1 saturated carbocycles. The standard InChI is InChI=1S/C11H23N3O2Si/c1-11(2,3)17(4,5)16-8-6-9(13-14-12)10(15)7-8/h8-10,15H,6-7H2,1-5H3/t8-,9-,10-/m0/s1. The quantitative estimate of drug-likeness (QED) is 0.364. The minimum atomic E-state index is -1.80. The molecule has 0 aliphatic heterocycles. The number of nitrogens with zero attached hydrogens (tertiary/aromatic N) is 3. The van der Waals surface area contributed by atoms with Crippen LogP contribution in [0, 0.1) is 0 Å². The number of hydrogen-bond donors (Lipinski definition) is 1. The first kappa shape index (κ1) is 14.5. The monoisotopic (exact) mass is 257 g/mol. The molecular weight excluding hydrogens is 234 g/mol. The Kier molecular flexibility index (Phi) is 4.25. The smallest absolute Gasteiger partial charge is 0.192 e. The molecule has 0 unspecified atom stereocenters. The van der Waals surface area contributed by atoms with Gasteiger partial charge < -0.3 is 9.53 Å². The Balaban J connectivity index is 2.64. The number of rotatable bonds is 3. The van der Waals surface area contributed by atoms with E-state index in [1.807, 2.05) is 0 Å². The van der Waals surface area contributed by atoms with Gasteiger partial charge in [0, 0.05) is 11.0 Å². The first-order chi connectivity index (χ1) is 7.67. The summed E-state index contributed by atoms with van der Waals surface area (Å²) in [6.45, 7) is 11.0. The van der Waals surface area contributed by atoms with Gasteiger partial charge in [-0.15, -0.1) is 0 Å². The Hall–Kier alpha value is -0.553. The predicted octanol–water partition coefficient (Wildman–Crippen LogP) is 3.21. The molecule has 0 radical (unpaired) electrons. The molecule has 3 atom stereocenters. The third kappa shape index (κ3) is 3.45. The van der Waals surface area contributed by atoms with Gasteiger partial charge in [0.15, 0.2) is 8.32 Å². The van der Waals surface area contributed by atoms with Crippen LogP contribution in [0.3, 0.4) is 0 Å². The van der Waals surface area contributed by atoms with Gasteiger partial charge in [-0.3, -0.25) is 0 Å². The molecule has 5 nitrogen and oxygen atoms in total. The summed E-state index contributed by atoms with van der Waals surface area (Å²) in [6.07, 6.45) is 0.690. The molecule has 0 heterocycles. The third-order valence-electron chi connectivity index (χ3n) is 3.92. The molecule has 0 aromatic carbocycles. The van der Waals surface area contributed by atoms with Crippen molar-refractivity contribution in [3.8, 4) is 0 Å². The van der Waals surface area contributed by atoms with Gasteiger partial charge in [-0.1, -0.05) is 25.9 Å². The van der Waals surface area contributed by atoms with E-state index in [1.165, 1.54) is 0 Å². The molecule has 0 aromatic heterocycles. The molecule has 1 fully saturated rings. The average molecular weight is 257 g/mol. The SMILES string of the molecule is CC(C)(C)[Si](C)(C)O[C@H]1C[C@H](N=[N+]=[N-])[C@@H](O)C1. The molecule has 1 aliphatic carbocycles. The first-order valence-corrected chi connectivity index (χ1v) is 8.98. The molecule has 0 spiro atoms. The van der Waals surface area contributed by atoms with Crippen LogP contribution in [-0.4, -0.2) is 31.7 Å². The minimum Gasteiger partial charge on any atom is -0.414 e. The van der Waals surface area contributed by atoms with E-state index in [0.717, 1.165) is 0 Å². The fourth-order valence-corrected chi connectivity index (χ4v) is 3.21. The lowest BCUT2D eigenvalue weighted by Gasteiger charge is -2.38. The lowest BCUT2D eigenvalue weighted by atomic mass is 10.2. The fraction of sp³-hybridized carbons (Fsp3) is 1.00. The zero-order chi connectivity index (χ0) is 13.3. The van der Waals surface area contributed by atoms with Crippen LogP contribution in [0.15, 0.2) is 5.11 Å². The Morgan fingerprint density at radius 2 is 1.94 bits per heavy atom. The summed E-state index contributed by atoms with van der Waals surface area (Å²) in [7, 11) is -1.80. The maximum Gasteiger partial charge on any atom is 0.192 e. The summed E-state index contributed by atoms with van der Waals surface area (Å²) < 4.78 is 6.21. The second-order valence-corrected chi connectivity index (χ2v) is 11.1. The van der Waals surface area contributed by atoms with E-state index in [1.54, 1.807) is 0 Å². The fourth-order valence-electron chi connectivity index (χ4n) is 1.83. The molecule has 0 bridgehead atoms. The molecule has 1 rings (SSSR count). The molecule has 6 heteroatoms. The molecule has 0 aromatic rings. The van der Waals surface area contributed by atoms with E-state index in [0.29, 0.717) is 12.8 Å². The summed E-state index contributed by atoms with van der Waals surface area (Å²) in [5.74, 6) is 0. The van der Waals surface area contributed by atoms with Crippen LogP contribution in [0.4, 0.5) is 0 Å². The van der Waals surface area contributed by atoms with E-state index >= 15 is 0 Å². The van der Waals surface area contributed by atoms with Crippen molar-refractivity contribution >= 4 is 8.32 Å². The second kappa shape index (κ2) is 4.98. The topological polar surface area (TPSA) is 78.2 Å². The molecule has 17 heavy (non-hydrogen) atoms. The van der Waals surface area contributed by atoms with Crippen molar-refractivity contribution in [3.63, 3.8) is 0 Å². The Morgan fingerprint density at radius 1 is 1.35 bits per heavy atom. The minimum absolute atomic E-state index is 0.0291. The van der Waals surface area contributed by atoms with Crippen molar-refractivity contribution in [2.45, 2.75) is 70.0 Å². The Bertz CT molecular complexity index is 321. The maximum atomic E-state index is 9.76. The highest BCUT2D eigenvalue weighted by atomic mass is 28.4. The van der Waals surface area contributed by atoms with Crippen molar-refractivity contribution in [1.82, 2.24) is 0 Å². The predicted molar refractivity (Wildman–Crippen MR) is 70.2 cm³/mol. The molecular formula is C11H23N3O2Si.